The molecule has 184 valence electrons. The summed E-state index contributed by atoms with van der Waals surface area (Å²) >= 11 is 0. The maximum atomic E-state index is 4.67. The summed E-state index contributed by atoms with van der Waals surface area (Å²) in [6.45, 7) is 26.0. The van der Waals surface area contributed by atoms with E-state index in [1.165, 1.54) is 61.3 Å². The van der Waals surface area contributed by atoms with Crippen molar-refractivity contribution in [1.82, 2.24) is 0 Å². The lowest BCUT2D eigenvalue weighted by Gasteiger charge is -2.34. The number of benzene rings is 2. The van der Waals surface area contributed by atoms with Gasteiger partial charge in [0.2, 0.25) is 0 Å². The van der Waals surface area contributed by atoms with Crippen LogP contribution in [0.5, 0.6) is 0 Å². The zero-order valence-corrected chi connectivity index (χ0v) is 22.6. The second kappa shape index (κ2) is 10.7. The Bertz CT molecular complexity index is 1300. The molecule has 2 unspecified atom stereocenters. The van der Waals surface area contributed by atoms with E-state index < -0.39 is 0 Å². The van der Waals surface area contributed by atoms with Gasteiger partial charge in [0.1, 0.15) is 0 Å². The lowest BCUT2D eigenvalue weighted by molar-refractivity contribution is 0.619. The summed E-state index contributed by atoms with van der Waals surface area (Å²) in [7, 11) is 0. The van der Waals surface area contributed by atoms with Gasteiger partial charge in [-0.1, -0.05) is 123 Å². The minimum Gasteiger partial charge on any atom is -0.0998 e. The fourth-order valence-electron chi connectivity index (χ4n) is 5.89. The molecule has 0 bridgehead atoms. The minimum atomic E-state index is 0.257. The molecule has 0 aliphatic heterocycles. The Morgan fingerprint density at radius 3 is 2.19 bits per heavy atom. The molecule has 0 saturated heterocycles. The van der Waals surface area contributed by atoms with E-state index in [9.17, 15) is 0 Å². The number of hydrogen-bond acceptors (Lipinski definition) is 0. The highest BCUT2D eigenvalue weighted by molar-refractivity contribution is 5.69. The summed E-state index contributed by atoms with van der Waals surface area (Å²) in [4.78, 5) is 0. The van der Waals surface area contributed by atoms with Crippen molar-refractivity contribution in [1.29, 1.82) is 0 Å². The van der Waals surface area contributed by atoms with Crippen LogP contribution in [0.25, 0.3) is 11.6 Å². The van der Waals surface area contributed by atoms with E-state index in [-0.39, 0.29) is 11.8 Å². The Hall–Kier alpha value is -3.38. The zero-order valence-electron chi connectivity index (χ0n) is 22.6. The first kappa shape index (κ1) is 25.7. The van der Waals surface area contributed by atoms with E-state index in [4.69, 9.17) is 0 Å². The summed E-state index contributed by atoms with van der Waals surface area (Å²) in [6, 6.07) is 17.9. The number of fused-ring (bicyclic) bond motifs is 1. The topological polar surface area (TPSA) is 0 Å². The van der Waals surface area contributed by atoms with Crippen LogP contribution >= 0.6 is 0 Å². The molecule has 0 heteroatoms. The highest BCUT2D eigenvalue weighted by Crippen LogP contribution is 2.55. The van der Waals surface area contributed by atoms with Gasteiger partial charge in [0, 0.05) is 11.8 Å². The van der Waals surface area contributed by atoms with Crippen LogP contribution in [0.3, 0.4) is 0 Å². The van der Waals surface area contributed by atoms with Gasteiger partial charge in [-0.2, -0.15) is 0 Å². The van der Waals surface area contributed by atoms with Crippen LogP contribution < -0.4 is 0 Å². The molecule has 0 heterocycles. The fourth-order valence-corrected chi connectivity index (χ4v) is 5.89. The van der Waals surface area contributed by atoms with Crippen molar-refractivity contribution in [3.63, 3.8) is 0 Å². The van der Waals surface area contributed by atoms with Crippen molar-refractivity contribution in [3.8, 4) is 0 Å². The average molecular weight is 473 g/mol. The summed E-state index contributed by atoms with van der Waals surface area (Å²) in [5.41, 5.74) is 15.5. The first-order valence-electron chi connectivity index (χ1n) is 13.2. The molecule has 2 aromatic carbocycles. The highest BCUT2D eigenvalue weighted by atomic mass is 14.4. The van der Waals surface area contributed by atoms with Crippen LogP contribution in [0, 0.1) is 5.92 Å². The first-order valence-corrected chi connectivity index (χ1v) is 13.2. The van der Waals surface area contributed by atoms with Gasteiger partial charge in [0.15, 0.2) is 0 Å². The molecule has 0 aromatic heterocycles. The molecule has 2 aromatic rings. The molecule has 2 aliphatic rings. The maximum absolute atomic E-state index is 4.67. The predicted molar refractivity (Wildman–Crippen MR) is 159 cm³/mol. The largest absolute Gasteiger partial charge is 0.0998 e. The van der Waals surface area contributed by atoms with E-state index in [0.29, 0.717) is 0 Å². The Kier molecular flexibility index (Phi) is 7.65. The molecule has 1 fully saturated rings. The second-order valence-corrected chi connectivity index (χ2v) is 10.8. The predicted octanol–water partition coefficient (Wildman–Crippen LogP) is 10.2. The molecule has 0 radical (unpaired) electrons. The number of allylic oxidation sites excluding steroid dienone is 9. The van der Waals surface area contributed by atoms with Gasteiger partial charge < -0.3 is 0 Å². The molecule has 36 heavy (non-hydrogen) atoms. The molecule has 4 rings (SSSR count). The molecule has 2 atom stereocenters. The maximum Gasteiger partial charge on any atom is 0.0201 e. The molecule has 1 saturated carbocycles. The third-order valence-corrected chi connectivity index (χ3v) is 7.57. The van der Waals surface area contributed by atoms with Crippen LogP contribution in [-0.4, -0.2) is 0 Å². The van der Waals surface area contributed by atoms with Gasteiger partial charge >= 0.3 is 0 Å². The van der Waals surface area contributed by atoms with E-state index in [1.54, 1.807) is 0 Å². The van der Waals surface area contributed by atoms with Gasteiger partial charge in [-0.25, -0.2) is 0 Å². The van der Waals surface area contributed by atoms with Gasteiger partial charge in [0.25, 0.3) is 0 Å². The smallest absolute Gasteiger partial charge is 0.0201 e. The second-order valence-electron chi connectivity index (χ2n) is 10.8. The van der Waals surface area contributed by atoms with Crippen molar-refractivity contribution in [2.24, 2.45) is 5.92 Å². The van der Waals surface area contributed by atoms with Crippen molar-refractivity contribution >= 4 is 11.6 Å². The molecule has 0 amide bonds. The molecular weight excluding hydrogens is 432 g/mol. The quantitative estimate of drug-likeness (QED) is 0.335. The zero-order chi connectivity index (χ0) is 26.0. The highest BCUT2D eigenvalue weighted by Gasteiger charge is 2.40. The third-order valence-electron chi connectivity index (χ3n) is 7.57. The van der Waals surface area contributed by atoms with Gasteiger partial charge in [0.05, 0.1) is 0 Å². The van der Waals surface area contributed by atoms with Gasteiger partial charge in [-0.3, -0.25) is 0 Å². The van der Waals surface area contributed by atoms with E-state index in [1.807, 2.05) is 6.92 Å². The number of hydrogen-bond donors (Lipinski definition) is 0. The Morgan fingerprint density at radius 1 is 0.944 bits per heavy atom. The van der Waals surface area contributed by atoms with Gasteiger partial charge in [-0.05, 0) is 84.6 Å². The van der Waals surface area contributed by atoms with Crippen molar-refractivity contribution in [2.75, 3.05) is 0 Å². The van der Waals surface area contributed by atoms with Crippen molar-refractivity contribution in [3.05, 3.63) is 142 Å². The first-order chi connectivity index (χ1) is 17.2. The molecular formula is C36H40. The summed E-state index contributed by atoms with van der Waals surface area (Å²) in [5, 5.41) is 0. The summed E-state index contributed by atoms with van der Waals surface area (Å²) in [6.07, 6.45) is 8.76. The summed E-state index contributed by atoms with van der Waals surface area (Å²) in [5.74, 6) is 0.539. The average Bonchev–Trinajstić information content (AvgIpc) is 3.13. The summed E-state index contributed by atoms with van der Waals surface area (Å²) < 4.78 is 0. The van der Waals surface area contributed by atoms with Crippen molar-refractivity contribution in [2.45, 2.75) is 59.3 Å². The SMILES string of the molecule is C=C(C)Cc1ccc(C2C(C(=C)CCC)=C(C)C=C3C/C(=C\c4ccc(C(=C)C)cc4)C(=C)C32)cc1. The van der Waals surface area contributed by atoms with Crippen LogP contribution in [-0.2, 0) is 6.42 Å². The van der Waals surface area contributed by atoms with E-state index >= 15 is 0 Å². The van der Waals surface area contributed by atoms with Crippen LogP contribution in [0.15, 0.2) is 120 Å². The van der Waals surface area contributed by atoms with Crippen LogP contribution in [0.2, 0.25) is 0 Å². The monoisotopic (exact) mass is 472 g/mol. The molecule has 0 spiro atoms. The normalized spacial score (nSPS) is 20.4. The molecule has 2 aliphatic carbocycles. The lowest BCUT2D eigenvalue weighted by atomic mass is 9.69. The fraction of sp³-hybridized carbons (Fsp3) is 0.278. The standard InChI is InChI=1S/C36H40/c1-9-10-25(6)34-26(7)20-33-22-32(21-29-11-15-30(16-12-29)24(4)5)27(8)35(33)36(34)31-17-13-28(14-18-31)19-23(2)3/h11-18,20-21,35-36H,2,4,6,8-10,19,22H2,1,3,5,7H3/b32-21+. The van der Waals surface area contributed by atoms with Crippen LogP contribution in [0.1, 0.15) is 75.1 Å². The Morgan fingerprint density at radius 2 is 1.61 bits per heavy atom. The molecule has 0 N–H and O–H groups in total. The Balaban J connectivity index is 1.74. The van der Waals surface area contributed by atoms with E-state index in [2.05, 4.69) is 108 Å². The lowest BCUT2D eigenvalue weighted by Crippen LogP contribution is -2.21. The number of rotatable bonds is 8. The molecule has 0 nitrogen and oxygen atoms in total. The van der Waals surface area contributed by atoms with Crippen molar-refractivity contribution < 1.29 is 0 Å². The van der Waals surface area contributed by atoms with E-state index in [0.717, 1.165) is 31.3 Å². The van der Waals surface area contributed by atoms with Crippen LogP contribution in [0.4, 0.5) is 0 Å². The van der Waals surface area contributed by atoms with Gasteiger partial charge in [-0.15, -0.1) is 0 Å². The Labute approximate surface area is 218 Å². The minimum absolute atomic E-state index is 0.257. The third kappa shape index (κ3) is 5.24.